The fraction of sp³-hybridized carbons (Fsp3) is 0.588. The maximum atomic E-state index is 13.1. The van der Waals surface area contributed by atoms with Crippen LogP contribution < -0.4 is 0 Å². The molecule has 124 valence electrons. The molecular formula is C17H26FNO3. The van der Waals surface area contributed by atoms with Gasteiger partial charge in [0, 0.05) is 20.3 Å². The molecule has 5 heteroatoms. The molecule has 0 heterocycles. The third-order valence-electron chi connectivity index (χ3n) is 3.20. The minimum atomic E-state index is -0.556. The highest BCUT2D eigenvalue weighted by Crippen LogP contribution is 2.23. The molecule has 0 bridgehead atoms. The molecule has 1 rings (SSSR count). The molecular weight excluding hydrogens is 285 g/mol. The lowest BCUT2D eigenvalue weighted by Gasteiger charge is -2.32. The van der Waals surface area contributed by atoms with E-state index < -0.39 is 5.60 Å². The Labute approximate surface area is 132 Å². The molecule has 0 aromatic heterocycles. The van der Waals surface area contributed by atoms with Gasteiger partial charge in [0.05, 0.1) is 6.04 Å². The van der Waals surface area contributed by atoms with Crippen LogP contribution in [0.4, 0.5) is 9.18 Å². The van der Waals surface area contributed by atoms with Gasteiger partial charge in [0.2, 0.25) is 0 Å². The van der Waals surface area contributed by atoms with E-state index in [1.165, 1.54) is 12.1 Å². The second-order valence-corrected chi connectivity index (χ2v) is 6.25. The highest BCUT2D eigenvalue weighted by molar-refractivity contribution is 5.68. The van der Waals surface area contributed by atoms with Crippen molar-refractivity contribution in [1.29, 1.82) is 0 Å². The summed E-state index contributed by atoms with van der Waals surface area (Å²) in [7, 11) is 1.63. The number of benzene rings is 1. The molecule has 0 aliphatic carbocycles. The van der Waals surface area contributed by atoms with Gasteiger partial charge in [-0.25, -0.2) is 9.18 Å². The van der Waals surface area contributed by atoms with Crippen LogP contribution in [0, 0.1) is 5.82 Å². The van der Waals surface area contributed by atoms with Crippen molar-refractivity contribution in [2.24, 2.45) is 0 Å². The minimum Gasteiger partial charge on any atom is -0.444 e. The van der Waals surface area contributed by atoms with Crippen molar-refractivity contribution < 1.29 is 18.7 Å². The molecule has 0 unspecified atom stereocenters. The first-order valence-electron chi connectivity index (χ1n) is 7.48. The maximum absolute atomic E-state index is 13.1. The summed E-state index contributed by atoms with van der Waals surface area (Å²) in [5, 5.41) is 0. The second-order valence-electron chi connectivity index (χ2n) is 6.25. The molecule has 1 aromatic rings. The van der Waals surface area contributed by atoms with Crippen molar-refractivity contribution in [3.8, 4) is 0 Å². The molecule has 0 N–H and O–H groups in total. The summed E-state index contributed by atoms with van der Waals surface area (Å²) in [6.45, 7) is 8.49. The largest absolute Gasteiger partial charge is 0.444 e. The minimum absolute atomic E-state index is 0.202. The fourth-order valence-corrected chi connectivity index (χ4v) is 2.06. The molecule has 0 radical (unpaired) electrons. The predicted molar refractivity (Wildman–Crippen MR) is 84.2 cm³/mol. The molecule has 0 saturated heterocycles. The first-order chi connectivity index (χ1) is 10.2. The van der Waals surface area contributed by atoms with Crippen molar-refractivity contribution >= 4 is 6.09 Å². The Morgan fingerprint density at radius 2 is 1.86 bits per heavy atom. The summed E-state index contributed by atoms with van der Waals surface area (Å²) in [4.78, 5) is 14.1. The first kappa shape index (κ1) is 18.4. The summed E-state index contributed by atoms with van der Waals surface area (Å²) >= 11 is 0. The lowest BCUT2D eigenvalue weighted by atomic mass is 10.1. The monoisotopic (exact) mass is 311 g/mol. The topological polar surface area (TPSA) is 38.8 Å². The highest BCUT2D eigenvalue weighted by atomic mass is 19.1. The Hall–Kier alpha value is -1.62. The van der Waals surface area contributed by atoms with Crippen LogP contribution in [0.25, 0.3) is 0 Å². The lowest BCUT2D eigenvalue weighted by molar-refractivity contribution is 0.0156. The average molecular weight is 311 g/mol. The number of rotatable bonds is 6. The zero-order valence-corrected chi connectivity index (χ0v) is 14.1. The number of hydrogen-bond acceptors (Lipinski definition) is 3. The number of ether oxygens (including phenoxy) is 2. The average Bonchev–Trinajstić information content (AvgIpc) is 2.42. The van der Waals surface area contributed by atoms with E-state index in [1.54, 1.807) is 24.1 Å². The first-order valence-corrected chi connectivity index (χ1v) is 7.48. The molecule has 4 nitrogen and oxygen atoms in total. The van der Waals surface area contributed by atoms with Crippen LogP contribution in [-0.2, 0) is 9.47 Å². The van der Waals surface area contributed by atoms with Gasteiger partial charge in [-0.05, 0) is 51.8 Å². The fourth-order valence-electron chi connectivity index (χ4n) is 2.06. The van der Waals surface area contributed by atoms with Gasteiger partial charge in [-0.3, -0.25) is 0 Å². The van der Waals surface area contributed by atoms with Gasteiger partial charge in [0.1, 0.15) is 11.4 Å². The van der Waals surface area contributed by atoms with Crippen molar-refractivity contribution in [2.45, 2.75) is 45.8 Å². The molecule has 0 aliphatic rings. The summed E-state index contributed by atoms with van der Waals surface area (Å²) < 4.78 is 23.6. The Morgan fingerprint density at radius 3 is 2.36 bits per heavy atom. The van der Waals surface area contributed by atoms with Gasteiger partial charge >= 0.3 is 6.09 Å². The third kappa shape index (κ3) is 6.02. The number of hydrogen-bond donors (Lipinski definition) is 0. The van der Waals surface area contributed by atoms with Gasteiger partial charge in [-0.2, -0.15) is 0 Å². The normalized spacial score (nSPS) is 12.8. The van der Waals surface area contributed by atoms with Gasteiger partial charge in [0.15, 0.2) is 0 Å². The number of halogens is 1. The predicted octanol–water partition coefficient (Wildman–Crippen LogP) is 4.16. The second kappa shape index (κ2) is 8.13. The van der Waals surface area contributed by atoms with Crippen molar-refractivity contribution in [3.63, 3.8) is 0 Å². The smallest absolute Gasteiger partial charge is 0.410 e. The number of nitrogens with zero attached hydrogens (tertiary/aromatic N) is 1. The van der Waals surface area contributed by atoms with Crippen LogP contribution in [0.1, 0.15) is 45.7 Å². The van der Waals surface area contributed by atoms with Gasteiger partial charge in [0.25, 0.3) is 0 Å². The highest BCUT2D eigenvalue weighted by Gasteiger charge is 2.26. The Bertz CT molecular complexity index is 468. The molecule has 1 amide bonds. The molecule has 22 heavy (non-hydrogen) atoms. The van der Waals surface area contributed by atoms with E-state index in [4.69, 9.17) is 9.47 Å². The molecule has 0 spiro atoms. The van der Waals surface area contributed by atoms with E-state index in [0.29, 0.717) is 19.6 Å². The SMILES string of the molecule is COCCCN(C(=O)OC(C)(C)C)[C@@H](C)c1ccc(F)cc1. The van der Waals surface area contributed by atoms with Crippen molar-refractivity contribution in [3.05, 3.63) is 35.6 Å². The lowest BCUT2D eigenvalue weighted by Crippen LogP contribution is -2.39. The van der Waals surface area contributed by atoms with Crippen LogP contribution in [0.15, 0.2) is 24.3 Å². The van der Waals surface area contributed by atoms with Crippen LogP contribution in [0.5, 0.6) is 0 Å². The van der Waals surface area contributed by atoms with Crippen molar-refractivity contribution in [2.75, 3.05) is 20.3 Å². The third-order valence-corrected chi connectivity index (χ3v) is 3.20. The summed E-state index contributed by atoms with van der Waals surface area (Å²) in [6, 6.07) is 5.97. The van der Waals surface area contributed by atoms with E-state index in [2.05, 4.69) is 0 Å². The van der Waals surface area contributed by atoms with E-state index in [9.17, 15) is 9.18 Å². The number of amides is 1. The Balaban J connectivity index is 2.87. The van der Waals surface area contributed by atoms with Crippen LogP contribution in [0.3, 0.4) is 0 Å². The number of methoxy groups -OCH3 is 1. The molecule has 1 atom stereocenters. The van der Waals surface area contributed by atoms with Gasteiger partial charge in [-0.1, -0.05) is 12.1 Å². The zero-order valence-electron chi connectivity index (χ0n) is 14.1. The van der Waals surface area contributed by atoms with E-state index in [1.807, 2.05) is 27.7 Å². The molecule has 0 fully saturated rings. The Kier molecular flexibility index (Phi) is 6.81. The quantitative estimate of drug-likeness (QED) is 0.740. The van der Waals surface area contributed by atoms with Gasteiger partial charge < -0.3 is 14.4 Å². The van der Waals surface area contributed by atoms with Gasteiger partial charge in [-0.15, -0.1) is 0 Å². The van der Waals surface area contributed by atoms with Crippen LogP contribution in [0.2, 0.25) is 0 Å². The maximum Gasteiger partial charge on any atom is 0.410 e. The number of carbonyl (C=O) groups excluding carboxylic acids is 1. The summed E-state index contributed by atoms with van der Waals surface area (Å²) in [5.41, 5.74) is 0.309. The molecule has 0 saturated carbocycles. The number of carbonyl (C=O) groups is 1. The van der Waals surface area contributed by atoms with E-state index >= 15 is 0 Å². The van der Waals surface area contributed by atoms with Crippen molar-refractivity contribution in [1.82, 2.24) is 4.90 Å². The van der Waals surface area contributed by atoms with E-state index in [-0.39, 0.29) is 18.0 Å². The van der Waals surface area contributed by atoms with E-state index in [0.717, 1.165) is 5.56 Å². The standard InChI is InChI=1S/C17H26FNO3/c1-13(14-7-9-15(18)10-8-14)19(11-6-12-21-5)16(20)22-17(2,3)4/h7-10,13H,6,11-12H2,1-5H3/t13-/m0/s1. The molecule has 0 aliphatic heterocycles. The van der Waals surface area contributed by atoms with Crippen LogP contribution >= 0.6 is 0 Å². The molecule has 1 aromatic carbocycles. The zero-order chi connectivity index (χ0) is 16.8. The van der Waals surface area contributed by atoms with Crippen LogP contribution in [-0.4, -0.2) is 36.9 Å². The Morgan fingerprint density at radius 1 is 1.27 bits per heavy atom. The summed E-state index contributed by atoms with van der Waals surface area (Å²) in [5.74, 6) is -0.292. The summed E-state index contributed by atoms with van der Waals surface area (Å²) in [6.07, 6.45) is 0.335.